The molecule has 116 valence electrons. The van der Waals surface area contributed by atoms with Gasteiger partial charge >= 0.3 is 0 Å². The molecule has 2 aromatic carbocycles. The maximum absolute atomic E-state index is 12.8. The summed E-state index contributed by atoms with van der Waals surface area (Å²) in [5.41, 5.74) is 1.16. The van der Waals surface area contributed by atoms with E-state index >= 15 is 0 Å². The molecular formula is C16H16FNO4. The Kier molecular flexibility index (Phi) is 5.32. The van der Waals surface area contributed by atoms with Crippen molar-refractivity contribution in [2.45, 2.75) is 6.61 Å². The first-order valence-electron chi connectivity index (χ1n) is 6.58. The topological polar surface area (TPSA) is 67.8 Å². The van der Waals surface area contributed by atoms with Gasteiger partial charge in [-0.15, -0.1) is 0 Å². The number of aliphatic hydroxyl groups is 1. The molecule has 0 radical (unpaired) electrons. The van der Waals surface area contributed by atoms with E-state index in [-0.39, 0.29) is 24.9 Å². The lowest BCUT2D eigenvalue weighted by atomic mass is 10.2. The third-order valence-electron chi connectivity index (χ3n) is 2.90. The molecule has 0 atom stereocenters. The zero-order valence-electron chi connectivity index (χ0n) is 12.0. The molecule has 0 saturated carbocycles. The number of anilines is 1. The van der Waals surface area contributed by atoms with Crippen LogP contribution in [0.1, 0.15) is 5.56 Å². The number of aliphatic hydroxyl groups excluding tert-OH is 1. The summed E-state index contributed by atoms with van der Waals surface area (Å²) in [6, 6.07) is 10.4. The quantitative estimate of drug-likeness (QED) is 0.859. The molecule has 0 bridgehead atoms. The van der Waals surface area contributed by atoms with Crippen molar-refractivity contribution in [3.63, 3.8) is 0 Å². The second-order valence-electron chi connectivity index (χ2n) is 4.49. The van der Waals surface area contributed by atoms with Crippen LogP contribution in [0.5, 0.6) is 11.5 Å². The first-order chi connectivity index (χ1) is 10.6. The highest BCUT2D eigenvalue weighted by Crippen LogP contribution is 2.28. The van der Waals surface area contributed by atoms with Crippen LogP contribution in [-0.4, -0.2) is 24.7 Å². The Bertz CT molecular complexity index is 643. The van der Waals surface area contributed by atoms with Crippen LogP contribution < -0.4 is 14.8 Å². The van der Waals surface area contributed by atoms with Crippen LogP contribution in [0.25, 0.3) is 0 Å². The van der Waals surface area contributed by atoms with Crippen molar-refractivity contribution in [3.8, 4) is 11.5 Å². The van der Waals surface area contributed by atoms with E-state index in [0.717, 1.165) is 0 Å². The Morgan fingerprint density at radius 2 is 1.91 bits per heavy atom. The molecule has 1 amide bonds. The highest BCUT2D eigenvalue weighted by Gasteiger charge is 2.09. The van der Waals surface area contributed by atoms with Crippen molar-refractivity contribution in [1.82, 2.24) is 0 Å². The zero-order valence-corrected chi connectivity index (χ0v) is 12.0. The fourth-order valence-corrected chi connectivity index (χ4v) is 1.80. The number of rotatable bonds is 6. The van der Waals surface area contributed by atoms with E-state index in [9.17, 15) is 9.18 Å². The number of ether oxygens (including phenoxy) is 2. The predicted molar refractivity (Wildman–Crippen MR) is 79.4 cm³/mol. The number of benzene rings is 2. The zero-order chi connectivity index (χ0) is 15.9. The van der Waals surface area contributed by atoms with Crippen molar-refractivity contribution in [2.75, 3.05) is 19.0 Å². The Morgan fingerprint density at radius 1 is 1.18 bits per heavy atom. The van der Waals surface area contributed by atoms with Crippen LogP contribution in [0, 0.1) is 5.82 Å². The van der Waals surface area contributed by atoms with Crippen molar-refractivity contribution in [2.24, 2.45) is 0 Å². The highest BCUT2D eigenvalue weighted by atomic mass is 19.1. The summed E-state index contributed by atoms with van der Waals surface area (Å²) in [5, 5.41) is 11.7. The van der Waals surface area contributed by atoms with Crippen LogP contribution in [0.3, 0.4) is 0 Å². The number of carbonyl (C=O) groups excluding carboxylic acids is 1. The van der Waals surface area contributed by atoms with Gasteiger partial charge in [-0.3, -0.25) is 4.79 Å². The van der Waals surface area contributed by atoms with Crippen LogP contribution in [-0.2, 0) is 11.4 Å². The molecule has 0 aromatic heterocycles. The lowest BCUT2D eigenvalue weighted by molar-refractivity contribution is -0.118. The van der Waals surface area contributed by atoms with E-state index in [2.05, 4.69) is 5.32 Å². The van der Waals surface area contributed by atoms with Gasteiger partial charge in [-0.05, 0) is 42.0 Å². The highest BCUT2D eigenvalue weighted by molar-refractivity contribution is 5.91. The lowest BCUT2D eigenvalue weighted by Crippen LogP contribution is -2.20. The van der Waals surface area contributed by atoms with Crippen LogP contribution in [0.2, 0.25) is 0 Å². The minimum absolute atomic E-state index is 0.109. The summed E-state index contributed by atoms with van der Waals surface area (Å²) in [7, 11) is 1.47. The molecule has 2 N–H and O–H groups in total. The summed E-state index contributed by atoms with van der Waals surface area (Å²) in [4.78, 5) is 11.8. The molecule has 0 aliphatic heterocycles. The average Bonchev–Trinajstić information content (AvgIpc) is 2.55. The molecule has 0 aliphatic carbocycles. The van der Waals surface area contributed by atoms with Gasteiger partial charge < -0.3 is 19.9 Å². The van der Waals surface area contributed by atoms with Gasteiger partial charge in [0.2, 0.25) is 0 Å². The average molecular weight is 305 g/mol. The summed E-state index contributed by atoms with van der Waals surface area (Å²) in [5.74, 6) is 0.0814. The Labute approximate surface area is 127 Å². The van der Waals surface area contributed by atoms with Gasteiger partial charge in [0.05, 0.1) is 13.7 Å². The second-order valence-corrected chi connectivity index (χ2v) is 4.49. The minimum atomic E-state index is -0.375. The SMILES string of the molecule is COc1cc(CO)ccc1OCC(=O)Nc1ccc(F)cc1. The van der Waals surface area contributed by atoms with Crippen molar-refractivity contribution < 1.29 is 23.8 Å². The molecule has 5 nitrogen and oxygen atoms in total. The summed E-state index contributed by atoms with van der Waals surface area (Å²) < 4.78 is 23.3. The number of amides is 1. The predicted octanol–water partition coefficient (Wildman–Crippen LogP) is 2.34. The molecule has 22 heavy (non-hydrogen) atoms. The monoisotopic (exact) mass is 305 g/mol. The van der Waals surface area contributed by atoms with Crippen molar-refractivity contribution in [3.05, 3.63) is 53.8 Å². The standard InChI is InChI=1S/C16H16FNO4/c1-21-15-8-11(9-19)2-7-14(15)22-10-16(20)18-13-5-3-12(17)4-6-13/h2-8,19H,9-10H2,1H3,(H,18,20). The maximum atomic E-state index is 12.8. The first-order valence-corrected chi connectivity index (χ1v) is 6.58. The van der Waals surface area contributed by atoms with Crippen LogP contribution >= 0.6 is 0 Å². The maximum Gasteiger partial charge on any atom is 0.262 e. The van der Waals surface area contributed by atoms with Gasteiger partial charge in [0.15, 0.2) is 18.1 Å². The van der Waals surface area contributed by atoms with Gasteiger partial charge in [0.25, 0.3) is 5.91 Å². The number of nitrogens with one attached hydrogen (secondary N) is 1. The summed E-state index contributed by atoms with van der Waals surface area (Å²) in [6.07, 6.45) is 0. The van der Waals surface area contributed by atoms with Gasteiger partial charge in [0, 0.05) is 5.69 Å². The van der Waals surface area contributed by atoms with Gasteiger partial charge in [-0.1, -0.05) is 6.07 Å². The van der Waals surface area contributed by atoms with E-state index in [1.807, 2.05) is 0 Å². The minimum Gasteiger partial charge on any atom is -0.493 e. The van der Waals surface area contributed by atoms with E-state index in [1.54, 1.807) is 18.2 Å². The molecule has 2 aromatic rings. The molecule has 6 heteroatoms. The third kappa shape index (κ3) is 4.20. The van der Waals surface area contributed by atoms with Crippen molar-refractivity contribution >= 4 is 11.6 Å². The molecule has 0 fully saturated rings. The molecule has 0 unspecified atom stereocenters. The second kappa shape index (κ2) is 7.42. The van der Waals surface area contributed by atoms with Crippen molar-refractivity contribution in [1.29, 1.82) is 0 Å². The molecule has 0 heterocycles. The lowest BCUT2D eigenvalue weighted by Gasteiger charge is -2.11. The number of methoxy groups -OCH3 is 1. The smallest absolute Gasteiger partial charge is 0.262 e. The normalized spacial score (nSPS) is 10.1. The van der Waals surface area contributed by atoms with Gasteiger partial charge in [0.1, 0.15) is 5.82 Å². The van der Waals surface area contributed by atoms with E-state index < -0.39 is 0 Å². The van der Waals surface area contributed by atoms with E-state index in [0.29, 0.717) is 22.7 Å². The molecule has 0 spiro atoms. The van der Waals surface area contributed by atoms with Crippen LogP contribution in [0.15, 0.2) is 42.5 Å². The molecular weight excluding hydrogens is 289 g/mol. The fourth-order valence-electron chi connectivity index (χ4n) is 1.80. The van der Waals surface area contributed by atoms with Crippen LogP contribution in [0.4, 0.5) is 10.1 Å². The van der Waals surface area contributed by atoms with E-state index in [1.165, 1.54) is 31.4 Å². The number of halogens is 1. The summed E-state index contributed by atoms with van der Waals surface area (Å²) >= 11 is 0. The first kappa shape index (κ1) is 15.8. The van der Waals surface area contributed by atoms with E-state index in [4.69, 9.17) is 14.6 Å². The fraction of sp³-hybridized carbons (Fsp3) is 0.188. The molecule has 0 saturated heterocycles. The van der Waals surface area contributed by atoms with Gasteiger partial charge in [-0.2, -0.15) is 0 Å². The Balaban J connectivity index is 1.94. The van der Waals surface area contributed by atoms with Gasteiger partial charge in [-0.25, -0.2) is 4.39 Å². The number of hydrogen-bond acceptors (Lipinski definition) is 4. The number of carbonyl (C=O) groups is 1. The largest absolute Gasteiger partial charge is 0.493 e. The Hall–Kier alpha value is -2.60. The number of hydrogen-bond donors (Lipinski definition) is 2. The molecule has 0 aliphatic rings. The summed E-state index contributed by atoms with van der Waals surface area (Å²) in [6.45, 7) is -0.325. The Morgan fingerprint density at radius 3 is 2.55 bits per heavy atom. The molecule has 2 rings (SSSR count). The third-order valence-corrected chi connectivity index (χ3v) is 2.90.